The molecule has 0 aromatic heterocycles. The monoisotopic (exact) mass is 1110 g/mol. The van der Waals surface area contributed by atoms with Gasteiger partial charge in [-0.3, -0.25) is 9.69 Å². The van der Waals surface area contributed by atoms with E-state index in [4.69, 9.17) is 24.4 Å². The number of carbonyl (C=O) groups is 1. The van der Waals surface area contributed by atoms with Crippen LogP contribution in [0.2, 0.25) is 0 Å². The fourth-order valence-corrected chi connectivity index (χ4v) is 6.45. The molecule has 0 saturated carbocycles. The third-order valence-electron chi connectivity index (χ3n) is 11.7. The van der Waals surface area contributed by atoms with Gasteiger partial charge in [-0.05, 0) is 70.6 Å². The van der Waals surface area contributed by atoms with Gasteiger partial charge in [0.05, 0.1) is 13.2 Å². The topological polar surface area (TPSA) is 130 Å². The number of ether oxygens (including phenoxy) is 3. The van der Waals surface area contributed by atoms with Gasteiger partial charge in [0.25, 0.3) is 0 Å². The van der Waals surface area contributed by atoms with Crippen molar-refractivity contribution in [3.8, 4) is 0 Å². The number of amides is 1. The van der Waals surface area contributed by atoms with Gasteiger partial charge in [-0.15, -0.1) is 12.4 Å². The van der Waals surface area contributed by atoms with Crippen molar-refractivity contribution in [3.63, 3.8) is 0 Å². The zero-order valence-electron chi connectivity index (χ0n) is 41.1. The van der Waals surface area contributed by atoms with Crippen molar-refractivity contribution in [2.45, 2.75) is 132 Å². The number of aliphatic hydroxyl groups is 2. The molecule has 6 rings (SSSR count). The number of benzene rings is 3. The lowest BCUT2D eigenvalue weighted by Gasteiger charge is -2.41. The van der Waals surface area contributed by atoms with Crippen molar-refractivity contribution in [1.82, 2.24) is 15.1 Å². The summed E-state index contributed by atoms with van der Waals surface area (Å²) in [7, 11) is 0. The molecule has 26 heteroatoms. The molecule has 74 heavy (non-hydrogen) atoms. The molecule has 10 nitrogen and oxygen atoms in total. The fraction of sp³-hybridized carbons (Fsp3) is 0.604. The third kappa shape index (κ3) is 21.2. The van der Waals surface area contributed by atoms with Crippen molar-refractivity contribution >= 4 is 18.3 Å². The van der Waals surface area contributed by atoms with Crippen LogP contribution in [0.25, 0.3) is 0 Å². The second-order valence-corrected chi connectivity index (χ2v) is 18.4. The van der Waals surface area contributed by atoms with Crippen LogP contribution >= 0.6 is 12.4 Å². The summed E-state index contributed by atoms with van der Waals surface area (Å²) >= 11 is 0. The molecule has 3 heterocycles. The van der Waals surface area contributed by atoms with Crippen LogP contribution in [0.5, 0.6) is 0 Å². The van der Waals surface area contributed by atoms with E-state index in [1.165, 1.54) is 4.90 Å². The van der Waals surface area contributed by atoms with Gasteiger partial charge in [0.1, 0.15) is 6.61 Å². The van der Waals surface area contributed by atoms with E-state index in [2.05, 4.69) is 11.1 Å². The van der Waals surface area contributed by atoms with Crippen molar-refractivity contribution < 1.29 is 95.1 Å². The van der Waals surface area contributed by atoms with Gasteiger partial charge in [-0.2, -0.15) is 65.9 Å². The maximum absolute atomic E-state index is 12.9. The molecule has 0 bridgehead atoms. The highest BCUT2D eigenvalue weighted by molar-refractivity contribution is 5.85. The van der Waals surface area contributed by atoms with Gasteiger partial charge in [0.2, 0.25) is 5.91 Å². The van der Waals surface area contributed by atoms with Gasteiger partial charge in [0, 0.05) is 52.4 Å². The highest BCUT2D eigenvalue weighted by atomic mass is 35.5. The molecular weight excluding hydrogens is 1050 g/mol. The summed E-state index contributed by atoms with van der Waals surface area (Å²) in [6.45, 7) is 3.98. The summed E-state index contributed by atoms with van der Waals surface area (Å²) in [5, 5.41) is 20.1. The minimum atomic E-state index is -4.62. The predicted molar refractivity (Wildman–Crippen MR) is 246 cm³/mol. The molecule has 3 aromatic carbocycles. The molecule has 424 valence electrons. The number of nitrogens with two attached hydrogens (primary N) is 1. The summed E-state index contributed by atoms with van der Waals surface area (Å²) in [6.07, 6.45) is -20.8. The maximum Gasteiger partial charge on any atom is 0.418 e. The lowest BCUT2D eigenvalue weighted by atomic mass is 9.95. The quantitative estimate of drug-likeness (QED) is 0.155. The van der Waals surface area contributed by atoms with E-state index in [1.54, 1.807) is 53.4 Å². The zero-order valence-corrected chi connectivity index (χ0v) is 42.0. The number of morpholine rings is 2. The van der Waals surface area contributed by atoms with Crippen LogP contribution in [-0.4, -0.2) is 137 Å². The lowest BCUT2D eigenvalue weighted by Crippen LogP contribution is -2.59. The number of alkyl halides is 15. The molecule has 1 amide bonds. The molecule has 5 N–H and O–H groups in total. The van der Waals surface area contributed by atoms with E-state index in [0.29, 0.717) is 33.0 Å². The number of hydrogen-bond acceptors (Lipinski definition) is 9. The fourth-order valence-electron chi connectivity index (χ4n) is 6.45. The van der Waals surface area contributed by atoms with Crippen LogP contribution in [0, 0.1) is 0 Å². The van der Waals surface area contributed by atoms with Gasteiger partial charge in [0.15, 0.2) is 28.0 Å². The highest BCUT2D eigenvalue weighted by Gasteiger charge is 2.57. The van der Waals surface area contributed by atoms with Crippen LogP contribution in [0.4, 0.5) is 65.9 Å². The number of hydrogen-bond donors (Lipinski definition) is 4. The van der Waals surface area contributed by atoms with E-state index >= 15 is 0 Å². The molecule has 3 saturated heterocycles. The first-order valence-corrected chi connectivity index (χ1v) is 22.5. The summed E-state index contributed by atoms with van der Waals surface area (Å²) in [6, 6.07) is 27.5. The molecule has 3 aliphatic rings. The van der Waals surface area contributed by atoms with E-state index < -0.39 is 91.0 Å². The maximum atomic E-state index is 12.9. The standard InChI is InChI=1S/C13H14F3NO2.C13H16F3NO.C11H14F3NO.C7H11F3O.C4H8F3NO.ClH/c1-12(13(14,15)16)9-17(11(18)8-19-12)7-10-5-3-2-4-6-10;1-12(13(14,15)16)10-17(7-8-18-12)9-11-5-3-2-4-6-11;1-10(16,11(12,13)14)8-15-7-9-5-3-2-4-6-9;1-6(7(8,9)10)4-2-3-5-11-6;1-3(9,2-8)4(5,6)7;/h2-6H,7-9H2,1H3;2-6H,7-10H2,1H3;2-6,15-16H,7-8H2,1H3;2-5H2,1H3;9H,2,8H2,1H3;1H. The Kier molecular flexibility index (Phi) is 25.7. The smallest absolute Gasteiger partial charge is 0.380 e. The Balaban J connectivity index is 0.000000472. The molecule has 5 atom stereocenters. The van der Waals surface area contributed by atoms with Crippen LogP contribution in [0.15, 0.2) is 91.0 Å². The van der Waals surface area contributed by atoms with E-state index in [-0.39, 0.29) is 45.1 Å². The van der Waals surface area contributed by atoms with Crippen LogP contribution in [0.1, 0.15) is 70.6 Å². The summed E-state index contributed by atoms with van der Waals surface area (Å²) < 4.78 is 200. The predicted octanol–water partition coefficient (Wildman–Crippen LogP) is 10.5. The Bertz CT molecular complexity index is 2060. The Labute approximate surface area is 426 Å². The van der Waals surface area contributed by atoms with Gasteiger partial charge in [-0.25, -0.2) is 0 Å². The van der Waals surface area contributed by atoms with Gasteiger partial charge >= 0.3 is 30.9 Å². The molecule has 3 aliphatic heterocycles. The number of nitrogens with one attached hydrogen (secondary N) is 1. The van der Waals surface area contributed by atoms with E-state index in [0.717, 1.165) is 50.8 Å². The van der Waals surface area contributed by atoms with Crippen molar-refractivity contribution in [3.05, 3.63) is 108 Å². The van der Waals surface area contributed by atoms with Crippen LogP contribution in [0.3, 0.4) is 0 Å². The zero-order chi connectivity index (χ0) is 55.8. The normalized spacial score (nSPS) is 23.5. The summed E-state index contributed by atoms with van der Waals surface area (Å²) in [4.78, 5) is 14.6. The number of carbonyl (C=O) groups excluding carboxylic acids is 1. The lowest BCUT2D eigenvalue weighted by molar-refractivity contribution is -0.289. The number of halogens is 16. The third-order valence-corrected chi connectivity index (χ3v) is 11.7. The minimum Gasteiger partial charge on any atom is -0.380 e. The molecule has 3 fully saturated rings. The number of rotatable bonds is 9. The summed E-state index contributed by atoms with van der Waals surface area (Å²) in [5.41, 5.74) is -4.36. The minimum absolute atomic E-state index is 0. The molecule has 0 aliphatic carbocycles. The molecular formula is C48H64ClF15N4O6. The van der Waals surface area contributed by atoms with Crippen LogP contribution < -0.4 is 11.1 Å². The molecule has 0 radical (unpaired) electrons. The molecule has 3 aromatic rings. The van der Waals surface area contributed by atoms with E-state index in [9.17, 15) is 70.7 Å². The first kappa shape index (κ1) is 68.1. The summed E-state index contributed by atoms with van der Waals surface area (Å²) in [5.74, 6) is -0.425. The van der Waals surface area contributed by atoms with E-state index in [1.807, 2.05) is 42.5 Å². The van der Waals surface area contributed by atoms with Gasteiger partial charge < -0.3 is 40.4 Å². The van der Waals surface area contributed by atoms with Crippen molar-refractivity contribution in [1.29, 1.82) is 0 Å². The Hall–Kier alpha value is -3.95. The van der Waals surface area contributed by atoms with Crippen LogP contribution in [-0.2, 0) is 38.6 Å². The largest absolute Gasteiger partial charge is 0.418 e. The second-order valence-electron chi connectivity index (χ2n) is 18.4. The Morgan fingerprint density at radius 1 is 0.581 bits per heavy atom. The molecule has 0 spiro atoms. The van der Waals surface area contributed by atoms with Crippen molar-refractivity contribution in [2.24, 2.45) is 5.73 Å². The first-order chi connectivity index (χ1) is 33.3. The van der Waals surface area contributed by atoms with Gasteiger partial charge in [-0.1, -0.05) is 91.0 Å². The number of nitrogens with zero attached hydrogens (tertiary/aromatic N) is 2. The average molecular weight is 1110 g/mol. The highest BCUT2D eigenvalue weighted by Crippen LogP contribution is 2.40. The first-order valence-electron chi connectivity index (χ1n) is 22.5. The Morgan fingerprint density at radius 3 is 1.38 bits per heavy atom. The van der Waals surface area contributed by atoms with Crippen molar-refractivity contribution in [2.75, 3.05) is 52.5 Å². The Morgan fingerprint density at radius 2 is 1.00 bits per heavy atom. The SMILES string of the molecule is CC(O)(CN)C(F)(F)F.CC(O)(CNCc1ccccc1)C(F)(F)F.CC1(C(F)(F)F)CCCCO1.CC1(C(F)(F)F)CN(Cc2ccccc2)C(=O)CO1.CC1(C(F)(F)F)CN(Cc2ccccc2)CCO1.Cl. The average Bonchev–Trinajstić information content (AvgIpc) is 3.28. The second kappa shape index (κ2) is 27.9. The molecule has 5 unspecified atom stereocenters.